The second-order valence-corrected chi connectivity index (χ2v) is 8.70. The van der Waals surface area contributed by atoms with Crippen molar-refractivity contribution < 1.29 is 14.3 Å². The van der Waals surface area contributed by atoms with Crippen molar-refractivity contribution in [2.24, 2.45) is 0 Å². The van der Waals surface area contributed by atoms with Gasteiger partial charge in [-0.1, -0.05) is 13.0 Å². The van der Waals surface area contributed by atoms with Crippen LogP contribution in [0.4, 0.5) is 10.5 Å². The molecule has 1 aromatic carbocycles. The van der Waals surface area contributed by atoms with Crippen molar-refractivity contribution in [3.05, 3.63) is 40.8 Å². The number of nitrogens with zero attached hydrogens (tertiary/aromatic N) is 2. The lowest BCUT2D eigenvalue weighted by Gasteiger charge is -2.45. The molecule has 0 spiro atoms. The van der Waals surface area contributed by atoms with Gasteiger partial charge < -0.3 is 9.64 Å². The Balaban J connectivity index is 2.05. The number of fused-ring (bicyclic) bond motifs is 1. The number of anilines is 1. The summed E-state index contributed by atoms with van der Waals surface area (Å²) in [6, 6.07) is 4.12. The summed E-state index contributed by atoms with van der Waals surface area (Å²) in [6.07, 6.45) is 4.36. The fourth-order valence-corrected chi connectivity index (χ4v) is 4.67. The number of carbonyl (C=O) groups is 2. The van der Waals surface area contributed by atoms with Crippen molar-refractivity contribution in [3.8, 4) is 5.75 Å². The molecule has 1 unspecified atom stereocenters. The molecule has 144 valence electrons. The maximum absolute atomic E-state index is 12.5. The lowest BCUT2D eigenvalue weighted by atomic mass is 9.80. The van der Waals surface area contributed by atoms with E-state index < -0.39 is 0 Å². The zero-order valence-electron chi connectivity index (χ0n) is 16.5. The number of imide groups is 1. The molecule has 1 aromatic rings. The molecule has 2 amide bonds. The van der Waals surface area contributed by atoms with Crippen molar-refractivity contribution in [2.45, 2.75) is 38.6 Å². The highest BCUT2D eigenvalue weighted by molar-refractivity contribution is 8.18. The Bertz CT molecular complexity index is 844. The van der Waals surface area contributed by atoms with Gasteiger partial charge in [-0.05, 0) is 55.7 Å². The standard InChI is InChI=1S/C21H26N2O3S/c1-7-8-23-19(24)18(27-20(23)25)10-14-9-15-13(2)12-21(3,4)22(5)16(15)11-17(14)26-6/h7,9-11,13H,1,8,12H2,2-6H3/b18-10+. The molecule has 1 atom stereocenters. The molecule has 2 heterocycles. The van der Waals surface area contributed by atoms with Crippen LogP contribution in [0.1, 0.15) is 44.2 Å². The van der Waals surface area contributed by atoms with Crippen LogP contribution in [0.15, 0.2) is 29.7 Å². The summed E-state index contributed by atoms with van der Waals surface area (Å²) in [5.74, 6) is 0.803. The minimum atomic E-state index is -0.282. The Labute approximate surface area is 165 Å². The first-order chi connectivity index (χ1) is 12.7. The second kappa shape index (κ2) is 7.08. The molecule has 2 aliphatic rings. The van der Waals surface area contributed by atoms with Gasteiger partial charge in [-0.25, -0.2) is 0 Å². The minimum Gasteiger partial charge on any atom is -0.496 e. The SMILES string of the molecule is C=CCN1C(=O)S/C(=C/c2cc3c(cc2OC)N(C)C(C)(C)CC3C)C1=O. The molecule has 0 aromatic heterocycles. The molecule has 0 aliphatic carbocycles. The van der Waals surface area contributed by atoms with E-state index in [9.17, 15) is 9.59 Å². The van der Waals surface area contributed by atoms with E-state index >= 15 is 0 Å². The van der Waals surface area contributed by atoms with E-state index in [-0.39, 0.29) is 23.2 Å². The normalized spacial score (nSPS) is 23.0. The van der Waals surface area contributed by atoms with Gasteiger partial charge in [0.1, 0.15) is 5.75 Å². The molecular formula is C21H26N2O3S. The molecule has 3 rings (SSSR count). The van der Waals surface area contributed by atoms with E-state index in [1.165, 1.54) is 10.5 Å². The van der Waals surface area contributed by atoms with Gasteiger partial charge in [0.15, 0.2) is 0 Å². The van der Waals surface area contributed by atoms with Gasteiger partial charge in [-0.2, -0.15) is 0 Å². The Morgan fingerprint density at radius 1 is 1.37 bits per heavy atom. The first kappa shape index (κ1) is 19.5. The lowest BCUT2D eigenvalue weighted by molar-refractivity contribution is -0.122. The summed E-state index contributed by atoms with van der Waals surface area (Å²) in [7, 11) is 3.73. The molecule has 1 saturated heterocycles. The number of rotatable bonds is 4. The van der Waals surface area contributed by atoms with E-state index in [1.807, 2.05) is 6.07 Å². The predicted molar refractivity (Wildman–Crippen MR) is 111 cm³/mol. The maximum atomic E-state index is 12.5. The molecule has 0 bridgehead atoms. The number of ether oxygens (including phenoxy) is 1. The maximum Gasteiger partial charge on any atom is 0.293 e. The third-order valence-electron chi connectivity index (χ3n) is 5.46. The van der Waals surface area contributed by atoms with Gasteiger partial charge in [-0.3, -0.25) is 14.5 Å². The van der Waals surface area contributed by atoms with Gasteiger partial charge in [-0.15, -0.1) is 6.58 Å². The first-order valence-corrected chi connectivity index (χ1v) is 9.83. The van der Waals surface area contributed by atoms with Crippen LogP contribution in [0.5, 0.6) is 5.75 Å². The van der Waals surface area contributed by atoms with Gasteiger partial charge >= 0.3 is 0 Å². The summed E-state index contributed by atoms with van der Waals surface area (Å²) < 4.78 is 5.60. The summed E-state index contributed by atoms with van der Waals surface area (Å²) >= 11 is 0.959. The Hall–Kier alpha value is -2.21. The number of carbonyl (C=O) groups excluding carboxylic acids is 2. The van der Waals surface area contributed by atoms with Crippen LogP contribution in [0, 0.1) is 0 Å². The largest absolute Gasteiger partial charge is 0.496 e. The van der Waals surface area contributed by atoms with E-state index in [2.05, 4.69) is 45.4 Å². The number of methoxy groups -OCH3 is 1. The van der Waals surface area contributed by atoms with Gasteiger partial charge in [0.2, 0.25) is 0 Å². The summed E-state index contributed by atoms with van der Waals surface area (Å²) in [6.45, 7) is 10.5. The van der Waals surface area contributed by atoms with Crippen molar-refractivity contribution in [1.82, 2.24) is 4.90 Å². The molecule has 2 aliphatic heterocycles. The van der Waals surface area contributed by atoms with Crippen LogP contribution in [0.3, 0.4) is 0 Å². The van der Waals surface area contributed by atoms with Crippen LogP contribution in [-0.2, 0) is 4.79 Å². The Morgan fingerprint density at radius 2 is 2.07 bits per heavy atom. The minimum absolute atomic E-state index is 0.0618. The molecule has 0 radical (unpaired) electrons. The molecule has 1 fully saturated rings. The summed E-state index contributed by atoms with van der Waals surface area (Å²) in [5.41, 5.74) is 3.26. The Morgan fingerprint density at radius 3 is 2.70 bits per heavy atom. The second-order valence-electron chi connectivity index (χ2n) is 7.71. The van der Waals surface area contributed by atoms with Gasteiger partial charge in [0.05, 0.1) is 12.0 Å². The summed E-state index contributed by atoms with van der Waals surface area (Å²) in [5, 5.41) is -0.266. The predicted octanol–water partition coefficient (Wildman–Crippen LogP) is 4.64. The van der Waals surface area contributed by atoms with Gasteiger partial charge in [0.25, 0.3) is 11.1 Å². The molecule has 27 heavy (non-hydrogen) atoms. The average Bonchev–Trinajstić information content (AvgIpc) is 2.87. The van der Waals surface area contributed by atoms with Crippen LogP contribution in [-0.4, -0.2) is 42.3 Å². The topological polar surface area (TPSA) is 49.9 Å². The molecule has 6 heteroatoms. The van der Waals surface area contributed by atoms with Crippen LogP contribution < -0.4 is 9.64 Å². The van der Waals surface area contributed by atoms with Crippen LogP contribution in [0.2, 0.25) is 0 Å². The zero-order valence-corrected chi connectivity index (χ0v) is 17.4. The molecule has 0 N–H and O–H groups in total. The number of hydrogen-bond donors (Lipinski definition) is 0. The highest BCUT2D eigenvalue weighted by Gasteiger charge is 2.36. The quantitative estimate of drug-likeness (QED) is 0.557. The van der Waals surface area contributed by atoms with E-state index in [0.717, 1.165) is 29.4 Å². The van der Waals surface area contributed by atoms with E-state index in [0.29, 0.717) is 16.6 Å². The first-order valence-electron chi connectivity index (χ1n) is 9.01. The van der Waals surface area contributed by atoms with Crippen molar-refractivity contribution in [3.63, 3.8) is 0 Å². The molecule has 0 saturated carbocycles. The average molecular weight is 387 g/mol. The number of amides is 2. The highest BCUT2D eigenvalue weighted by atomic mass is 32.2. The molecule has 5 nitrogen and oxygen atoms in total. The van der Waals surface area contributed by atoms with Crippen molar-refractivity contribution in [2.75, 3.05) is 25.6 Å². The lowest BCUT2D eigenvalue weighted by Crippen LogP contribution is -2.45. The van der Waals surface area contributed by atoms with E-state index in [1.54, 1.807) is 19.3 Å². The van der Waals surface area contributed by atoms with Crippen LogP contribution in [0.25, 0.3) is 6.08 Å². The fourth-order valence-electron chi connectivity index (χ4n) is 3.83. The number of hydrogen-bond acceptors (Lipinski definition) is 5. The third-order valence-corrected chi connectivity index (χ3v) is 6.36. The zero-order chi connectivity index (χ0) is 19.9. The van der Waals surface area contributed by atoms with Crippen LogP contribution >= 0.6 is 11.8 Å². The third kappa shape index (κ3) is 3.38. The molecular weight excluding hydrogens is 360 g/mol. The highest BCUT2D eigenvalue weighted by Crippen LogP contribution is 2.45. The Kier molecular flexibility index (Phi) is 5.12. The van der Waals surface area contributed by atoms with E-state index in [4.69, 9.17) is 4.74 Å². The van der Waals surface area contributed by atoms with Gasteiger partial charge in [0, 0.05) is 36.4 Å². The monoisotopic (exact) mass is 386 g/mol. The van der Waals surface area contributed by atoms with Crippen molar-refractivity contribution >= 4 is 34.7 Å². The number of benzene rings is 1. The van der Waals surface area contributed by atoms with Crippen molar-refractivity contribution in [1.29, 1.82) is 0 Å². The smallest absolute Gasteiger partial charge is 0.293 e. The number of thioether (sulfide) groups is 1. The fraction of sp³-hybridized carbons (Fsp3) is 0.429. The summed E-state index contributed by atoms with van der Waals surface area (Å²) in [4.78, 5) is 28.5.